The minimum Gasteiger partial charge on any atom is -0.349 e. The molecule has 1 fully saturated rings. The van der Waals surface area contributed by atoms with Gasteiger partial charge in [0.2, 0.25) is 0 Å². The highest BCUT2D eigenvalue weighted by Gasteiger charge is 2.21. The third kappa shape index (κ3) is 3.69. The van der Waals surface area contributed by atoms with Gasteiger partial charge in [0.15, 0.2) is 0 Å². The normalized spacial score (nSPS) is 23.7. The van der Waals surface area contributed by atoms with Gasteiger partial charge in [0.25, 0.3) is 5.91 Å². The molecule has 0 unspecified atom stereocenters. The average molecular weight is 281 g/mol. The van der Waals surface area contributed by atoms with Crippen molar-refractivity contribution in [2.45, 2.75) is 41.9 Å². The Labute approximate surface area is 118 Å². The standard InChI is InChI=1S/C14H19NOS2/c1-18-13-8-4-11(5-9-13)15-14(16)10-2-6-12(17)7-3-10/h2-3,6-7,11,13,17H,4-5,8-9H2,1H3,(H,15,16). The van der Waals surface area contributed by atoms with Crippen LogP contribution in [0.3, 0.4) is 0 Å². The fourth-order valence-corrected chi connectivity index (χ4v) is 3.22. The van der Waals surface area contributed by atoms with Crippen molar-refractivity contribution in [3.8, 4) is 0 Å². The SMILES string of the molecule is CSC1CCC(NC(=O)c2ccc(S)cc2)CC1. The van der Waals surface area contributed by atoms with E-state index in [1.54, 1.807) is 0 Å². The van der Waals surface area contributed by atoms with E-state index in [-0.39, 0.29) is 5.91 Å². The quantitative estimate of drug-likeness (QED) is 0.832. The lowest BCUT2D eigenvalue weighted by Gasteiger charge is -2.28. The maximum atomic E-state index is 12.0. The summed E-state index contributed by atoms with van der Waals surface area (Å²) in [5, 5.41) is 3.91. The first kappa shape index (κ1) is 13.8. The Morgan fingerprint density at radius 2 is 1.83 bits per heavy atom. The minimum absolute atomic E-state index is 0.0379. The van der Waals surface area contributed by atoms with Crippen molar-refractivity contribution >= 4 is 30.3 Å². The predicted molar refractivity (Wildman–Crippen MR) is 80.7 cm³/mol. The molecule has 0 aromatic heterocycles. The largest absolute Gasteiger partial charge is 0.349 e. The van der Waals surface area contributed by atoms with E-state index in [0.717, 1.165) is 28.6 Å². The summed E-state index contributed by atoms with van der Waals surface area (Å²) in [7, 11) is 0. The maximum absolute atomic E-state index is 12.0. The van der Waals surface area contributed by atoms with Crippen molar-refractivity contribution < 1.29 is 4.79 Å². The second-order valence-electron chi connectivity index (χ2n) is 4.73. The van der Waals surface area contributed by atoms with Gasteiger partial charge in [0, 0.05) is 21.8 Å². The first-order valence-electron chi connectivity index (χ1n) is 6.31. The Kier molecular flexibility index (Phi) is 5.01. The molecule has 1 aliphatic carbocycles. The molecule has 0 atom stereocenters. The predicted octanol–water partition coefficient (Wildman–Crippen LogP) is 3.38. The van der Waals surface area contributed by atoms with Crippen LogP contribution in [-0.2, 0) is 0 Å². The molecule has 2 rings (SSSR count). The molecular weight excluding hydrogens is 262 g/mol. The van der Waals surface area contributed by atoms with Crippen LogP contribution in [-0.4, -0.2) is 23.5 Å². The molecule has 0 spiro atoms. The van der Waals surface area contributed by atoms with E-state index in [2.05, 4.69) is 24.2 Å². The summed E-state index contributed by atoms with van der Waals surface area (Å²) < 4.78 is 0. The van der Waals surface area contributed by atoms with Crippen LogP contribution in [0.2, 0.25) is 0 Å². The van der Waals surface area contributed by atoms with Gasteiger partial charge in [-0.3, -0.25) is 4.79 Å². The average Bonchev–Trinajstić information content (AvgIpc) is 2.40. The second-order valence-corrected chi connectivity index (χ2v) is 6.38. The van der Waals surface area contributed by atoms with E-state index in [4.69, 9.17) is 0 Å². The highest BCUT2D eigenvalue weighted by Crippen LogP contribution is 2.26. The molecule has 1 amide bonds. The molecule has 0 heterocycles. The van der Waals surface area contributed by atoms with Crippen LogP contribution in [0.25, 0.3) is 0 Å². The lowest BCUT2D eigenvalue weighted by Crippen LogP contribution is -2.38. The van der Waals surface area contributed by atoms with Gasteiger partial charge in [0.1, 0.15) is 0 Å². The molecular formula is C14H19NOS2. The van der Waals surface area contributed by atoms with Crippen LogP contribution in [0.15, 0.2) is 29.2 Å². The lowest BCUT2D eigenvalue weighted by atomic mass is 9.94. The summed E-state index contributed by atoms with van der Waals surface area (Å²) in [5.41, 5.74) is 0.722. The molecule has 0 saturated heterocycles. The van der Waals surface area contributed by atoms with E-state index in [1.165, 1.54) is 12.8 Å². The number of thiol groups is 1. The molecule has 4 heteroatoms. The molecule has 0 bridgehead atoms. The van der Waals surface area contributed by atoms with Crippen LogP contribution < -0.4 is 5.32 Å². The Morgan fingerprint density at radius 1 is 1.22 bits per heavy atom. The van der Waals surface area contributed by atoms with Gasteiger partial charge in [-0.15, -0.1) is 12.6 Å². The van der Waals surface area contributed by atoms with Gasteiger partial charge < -0.3 is 5.32 Å². The smallest absolute Gasteiger partial charge is 0.251 e. The van der Waals surface area contributed by atoms with Gasteiger partial charge in [-0.05, 0) is 56.2 Å². The summed E-state index contributed by atoms with van der Waals surface area (Å²) in [6.45, 7) is 0. The monoisotopic (exact) mass is 281 g/mol. The highest BCUT2D eigenvalue weighted by atomic mass is 32.2. The first-order chi connectivity index (χ1) is 8.69. The van der Waals surface area contributed by atoms with E-state index in [1.807, 2.05) is 36.0 Å². The van der Waals surface area contributed by atoms with Gasteiger partial charge in [-0.25, -0.2) is 0 Å². The lowest BCUT2D eigenvalue weighted by molar-refractivity contribution is 0.0928. The van der Waals surface area contributed by atoms with Crippen LogP contribution in [0, 0.1) is 0 Å². The van der Waals surface area contributed by atoms with Crippen LogP contribution >= 0.6 is 24.4 Å². The summed E-state index contributed by atoms with van der Waals surface area (Å²) in [6.07, 6.45) is 6.79. The molecule has 1 saturated carbocycles. The Morgan fingerprint density at radius 3 is 2.39 bits per heavy atom. The van der Waals surface area contributed by atoms with Gasteiger partial charge in [-0.2, -0.15) is 11.8 Å². The molecule has 1 aliphatic rings. The number of nitrogens with one attached hydrogen (secondary N) is 1. The number of hydrogen-bond donors (Lipinski definition) is 2. The molecule has 0 radical (unpaired) electrons. The summed E-state index contributed by atoms with van der Waals surface area (Å²) in [6, 6.07) is 7.69. The van der Waals surface area contributed by atoms with Crippen LogP contribution in [0.5, 0.6) is 0 Å². The van der Waals surface area contributed by atoms with Gasteiger partial charge in [-0.1, -0.05) is 0 Å². The van der Waals surface area contributed by atoms with Crippen LogP contribution in [0.1, 0.15) is 36.0 Å². The number of amides is 1. The van der Waals surface area contributed by atoms with Gasteiger partial charge >= 0.3 is 0 Å². The highest BCUT2D eigenvalue weighted by molar-refractivity contribution is 7.99. The van der Waals surface area contributed by atoms with E-state index in [9.17, 15) is 4.79 Å². The Bertz CT molecular complexity index is 397. The number of carbonyl (C=O) groups is 1. The Balaban J connectivity index is 1.86. The van der Waals surface area contributed by atoms with Crippen LogP contribution in [0.4, 0.5) is 0 Å². The summed E-state index contributed by atoms with van der Waals surface area (Å²) in [5.74, 6) is 0.0379. The first-order valence-corrected chi connectivity index (χ1v) is 8.05. The van der Waals surface area contributed by atoms with E-state index in [0.29, 0.717) is 6.04 Å². The van der Waals surface area contributed by atoms with Crippen molar-refractivity contribution in [3.05, 3.63) is 29.8 Å². The van der Waals surface area contributed by atoms with Crippen molar-refractivity contribution in [1.29, 1.82) is 0 Å². The number of thioether (sulfide) groups is 1. The molecule has 0 aliphatic heterocycles. The van der Waals surface area contributed by atoms with Crippen molar-refractivity contribution in [1.82, 2.24) is 5.32 Å². The molecule has 1 aromatic rings. The zero-order chi connectivity index (χ0) is 13.0. The summed E-state index contributed by atoms with van der Waals surface area (Å²) >= 11 is 6.16. The Hall–Kier alpha value is -0.610. The second kappa shape index (κ2) is 6.53. The fourth-order valence-electron chi connectivity index (χ4n) is 2.32. The zero-order valence-electron chi connectivity index (χ0n) is 10.6. The number of hydrogen-bond acceptors (Lipinski definition) is 3. The van der Waals surface area contributed by atoms with Gasteiger partial charge in [0.05, 0.1) is 0 Å². The fraction of sp³-hybridized carbons (Fsp3) is 0.500. The summed E-state index contributed by atoms with van der Waals surface area (Å²) in [4.78, 5) is 12.9. The molecule has 18 heavy (non-hydrogen) atoms. The maximum Gasteiger partial charge on any atom is 0.251 e. The van der Waals surface area contributed by atoms with E-state index < -0.39 is 0 Å². The topological polar surface area (TPSA) is 29.1 Å². The van der Waals surface area contributed by atoms with E-state index >= 15 is 0 Å². The minimum atomic E-state index is 0.0379. The molecule has 1 aromatic carbocycles. The van der Waals surface area contributed by atoms with Crippen molar-refractivity contribution in [3.63, 3.8) is 0 Å². The van der Waals surface area contributed by atoms with Crippen molar-refractivity contribution in [2.24, 2.45) is 0 Å². The third-order valence-corrected chi connectivity index (χ3v) is 4.91. The molecule has 1 N–H and O–H groups in total. The third-order valence-electron chi connectivity index (χ3n) is 3.47. The molecule has 2 nitrogen and oxygen atoms in total. The van der Waals surface area contributed by atoms with Crippen molar-refractivity contribution in [2.75, 3.05) is 6.26 Å². The number of rotatable bonds is 3. The molecule has 98 valence electrons. The number of carbonyl (C=O) groups excluding carboxylic acids is 1. The number of benzene rings is 1. The zero-order valence-corrected chi connectivity index (χ0v) is 12.3.